The number of aliphatic hydroxyl groups is 1. The highest BCUT2D eigenvalue weighted by Crippen LogP contribution is 2.31. The van der Waals surface area contributed by atoms with E-state index in [0.29, 0.717) is 0 Å². The summed E-state index contributed by atoms with van der Waals surface area (Å²) in [6.07, 6.45) is 2.09. The van der Waals surface area contributed by atoms with Crippen molar-refractivity contribution in [3.05, 3.63) is 0 Å². The molecule has 1 saturated heterocycles. The number of carbonyl (C=O) groups is 1. The van der Waals surface area contributed by atoms with Crippen molar-refractivity contribution in [1.82, 2.24) is 10.2 Å². The highest BCUT2D eigenvalue weighted by molar-refractivity contribution is 5.81. The fourth-order valence-corrected chi connectivity index (χ4v) is 1.78. The monoisotopic (exact) mass is 184 g/mol. The molecule has 2 rings (SSSR count). The number of nitrogens with zero attached hydrogens (tertiary/aromatic N) is 1. The van der Waals surface area contributed by atoms with Crippen LogP contribution in [0.5, 0.6) is 0 Å². The number of piperazine rings is 1. The van der Waals surface area contributed by atoms with Crippen molar-refractivity contribution in [3.63, 3.8) is 0 Å². The van der Waals surface area contributed by atoms with E-state index in [1.165, 1.54) is 0 Å². The van der Waals surface area contributed by atoms with Gasteiger partial charge >= 0.3 is 0 Å². The standard InChI is InChI=1S/C9H16N2O2/c12-6-8-5-10-3-4-11(8)9(13)7-1-2-7/h7-8,10,12H,1-6H2. The first-order valence-corrected chi connectivity index (χ1v) is 4.95. The molecule has 0 aromatic heterocycles. The molecule has 0 radical (unpaired) electrons. The summed E-state index contributed by atoms with van der Waals surface area (Å²) in [4.78, 5) is 13.6. The van der Waals surface area contributed by atoms with Crippen LogP contribution in [0, 0.1) is 5.92 Å². The van der Waals surface area contributed by atoms with Gasteiger partial charge in [0, 0.05) is 25.6 Å². The van der Waals surface area contributed by atoms with Crippen molar-refractivity contribution in [3.8, 4) is 0 Å². The summed E-state index contributed by atoms with van der Waals surface area (Å²) in [5, 5.41) is 12.3. The third-order valence-electron chi connectivity index (χ3n) is 2.77. The lowest BCUT2D eigenvalue weighted by atomic mass is 10.2. The van der Waals surface area contributed by atoms with Crippen molar-refractivity contribution < 1.29 is 9.90 Å². The van der Waals surface area contributed by atoms with Crippen LogP contribution in [0.15, 0.2) is 0 Å². The molecule has 2 aliphatic rings. The predicted octanol–water partition coefficient (Wildman–Crippen LogP) is -0.811. The largest absolute Gasteiger partial charge is 0.394 e. The van der Waals surface area contributed by atoms with Crippen LogP contribution in [0.2, 0.25) is 0 Å². The van der Waals surface area contributed by atoms with E-state index in [9.17, 15) is 4.79 Å². The van der Waals surface area contributed by atoms with E-state index in [1.807, 2.05) is 4.90 Å². The van der Waals surface area contributed by atoms with Gasteiger partial charge in [0.2, 0.25) is 5.91 Å². The number of rotatable bonds is 2. The average Bonchev–Trinajstić information content (AvgIpc) is 3.00. The Bertz CT molecular complexity index is 204. The summed E-state index contributed by atoms with van der Waals surface area (Å²) in [7, 11) is 0. The molecule has 1 saturated carbocycles. The molecule has 13 heavy (non-hydrogen) atoms. The molecule has 0 aromatic rings. The number of carbonyl (C=O) groups excluding carboxylic acids is 1. The Hall–Kier alpha value is -0.610. The van der Waals surface area contributed by atoms with Crippen molar-refractivity contribution in [1.29, 1.82) is 0 Å². The molecule has 1 heterocycles. The van der Waals surface area contributed by atoms with E-state index in [4.69, 9.17) is 5.11 Å². The number of aliphatic hydroxyl groups excluding tert-OH is 1. The Labute approximate surface area is 77.9 Å². The molecular weight excluding hydrogens is 168 g/mol. The lowest BCUT2D eigenvalue weighted by Crippen LogP contribution is -2.55. The van der Waals surface area contributed by atoms with E-state index in [1.54, 1.807) is 0 Å². The fraction of sp³-hybridized carbons (Fsp3) is 0.889. The van der Waals surface area contributed by atoms with Crippen LogP contribution in [0.25, 0.3) is 0 Å². The van der Waals surface area contributed by atoms with Gasteiger partial charge in [-0.25, -0.2) is 0 Å². The molecule has 1 amide bonds. The molecule has 2 N–H and O–H groups in total. The van der Waals surface area contributed by atoms with Gasteiger partial charge in [0.1, 0.15) is 0 Å². The van der Waals surface area contributed by atoms with Gasteiger partial charge < -0.3 is 15.3 Å². The van der Waals surface area contributed by atoms with Crippen LogP contribution in [0.1, 0.15) is 12.8 Å². The Morgan fingerprint density at radius 2 is 2.31 bits per heavy atom. The second kappa shape index (κ2) is 3.64. The summed E-state index contributed by atoms with van der Waals surface area (Å²) in [5.41, 5.74) is 0. The van der Waals surface area contributed by atoms with Gasteiger partial charge in [0.25, 0.3) is 0 Å². The van der Waals surface area contributed by atoms with Crippen LogP contribution in [0.4, 0.5) is 0 Å². The smallest absolute Gasteiger partial charge is 0.226 e. The summed E-state index contributed by atoms with van der Waals surface area (Å²) >= 11 is 0. The van der Waals surface area contributed by atoms with Gasteiger partial charge in [-0.3, -0.25) is 4.79 Å². The van der Waals surface area contributed by atoms with E-state index >= 15 is 0 Å². The maximum atomic E-state index is 11.7. The van der Waals surface area contributed by atoms with Crippen molar-refractivity contribution in [2.75, 3.05) is 26.2 Å². The average molecular weight is 184 g/mol. The molecule has 1 unspecified atom stereocenters. The number of nitrogens with one attached hydrogen (secondary N) is 1. The number of amides is 1. The number of hydrogen-bond donors (Lipinski definition) is 2. The maximum absolute atomic E-state index is 11.7. The highest BCUT2D eigenvalue weighted by atomic mass is 16.3. The van der Waals surface area contributed by atoms with E-state index in [2.05, 4.69) is 5.32 Å². The second-order valence-electron chi connectivity index (χ2n) is 3.85. The van der Waals surface area contributed by atoms with E-state index < -0.39 is 0 Å². The third kappa shape index (κ3) is 1.84. The zero-order chi connectivity index (χ0) is 9.26. The lowest BCUT2D eigenvalue weighted by Gasteiger charge is -2.35. The molecule has 1 aliphatic heterocycles. The van der Waals surface area contributed by atoms with Crippen LogP contribution in [-0.2, 0) is 4.79 Å². The van der Waals surface area contributed by atoms with Crippen LogP contribution >= 0.6 is 0 Å². The molecule has 4 heteroatoms. The molecule has 0 spiro atoms. The van der Waals surface area contributed by atoms with Gasteiger partial charge in [-0.1, -0.05) is 0 Å². The molecular formula is C9H16N2O2. The first-order chi connectivity index (χ1) is 6.33. The van der Waals surface area contributed by atoms with Crippen LogP contribution < -0.4 is 5.32 Å². The molecule has 1 atom stereocenters. The first-order valence-electron chi connectivity index (χ1n) is 4.95. The lowest BCUT2D eigenvalue weighted by molar-refractivity contribution is -0.136. The Balaban J connectivity index is 1.96. The summed E-state index contributed by atoms with van der Waals surface area (Å²) < 4.78 is 0. The van der Waals surface area contributed by atoms with E-state index in [0.717, 1.165) is 32.5 Å². The van der Waals surface area contributed by atoms with Crippen molar-refractivity contribution in [2.45, 2.75) is 18.9 Å². The molecule has 4 nitrogen and oxygen atoms in total. The minimum absolute atomic E-state index is 0.00171. The topological polar surface area (TPSA) is 52.6 Å². The molecule has 1 aliphatic carbocycles. The van der Waals surface area contributed by atoms with Gasteiger partial charge in [0.15, 0.2) is 0 Å². The van der Waals surface area contributed by atoms with E-state index in [-0.39, 0.29) is 24.5 Å². The highest BCUT2D eigenvalue weighted by Gasteiger charge is 2.36. The first kappa shape index (κ1) is 8.97. The molecule has 0 bridgehead atoms. The fourth-order valence-electron chi connectivity index (χ4n) is 1.78. The summed E-state index contributed by atoms with van der Waals surface area (Å²) in [6, 6.07) is 0.00171. The number of hydrogen-bond acceptors (Lipinski definition) is 3. The maximum Gasteiger partial charge on any atom is 0.226 e. The summed E-state index contributed by atoms with van der Waals surface area (Å²) in [5.74, 6) is 0.521. The zero-order valence-electron chi connectivity index (χ0n) is 7.70. The second-order valence-corrected chi connectivity index (χ2v) is 3.85. The van der Waals surface area contributed by atoms with Gasteiger partial charge in [0.05, 0.1) is 12.6 Å². The van der Waals surface area contributed by atoms with Crippen molar-refractivity contribution >= 4 is 5.91 Å². The quantitative estimate of drug-likeness (QED) is 0.590. The van der Waals surface area contributed by atoms with Crippen LogP contribution in [0.3, 0.4) is 0 Å². The third-order valence-corrected chi connectivity index (χ3v) is 2.77. The van der Waals surface area contributed by atoms with Crippen molar-refractivity contribution in [2.24, 2.45) is 5.92 Å². The molecule has 74 valence electrons. The van der Waals surface area contributed by atoms with Gasteiger partial charge in [-0.15, -0.1) is 0 Å². The van der Waals surface area contributed by atoms with Crippen LogP contribution in [-0.4, -0.2) is 48.2 Å². The SMILES string of the molecule is O=C(C1CC1)N1CCNCC1CO. The molecule has 2 fully saturated rings. The Morgan fingerprint density at radius 1 is 1.54 bits per heavy atom. The molecule has 0 aromatic carbocycles. The minimum Gasteiger partial charge on any atom is -0.394 e. The minimum atomic E-state index is 0.00171. The zero-order valence-corrected chi connectivity index (χ0v) is 7.70. The normalized spacial score (nSPS) is 29.0. The predicted molar refractivity (Wildman–Crippen MR) is 48.2 cm³/mol. The van der Waals surface area contributed by atoms with Gasteiger partial charge in [-0.2, -0.15) is 0 Å². The Kier molecular flexibility index (Phi) is 2.51. The summed E-state index contributed by atoms with van der Waals surface area (Å²) in [6.45, 7) is 2.41. The Morgan fingerprint density at radius 3 is 2.92 bits per heavy atom. The van der Waals surface area contributed by atoms with Gasteiger partial charge in [-0.05, 0) is 12.8 Å².